The van der Waals surface area contributed by atoms with Crippen molar-refractivity contribution in [3.63, 3.8) is 0 Å². The zero-order valence-electron chi connectivity index (χ0n) is 14.2. The fourth-order valence-electron chi connectivity index (χ4n) is 2.84. The van der Waals surface area contributed by atoms with Gasteiger partial charge in [-0.25, -0.2) is 14.8 Å². The number of H-pyrrole nitrogens is 1. The number of para-hydroxylation sites is 2. The first kappa shape index (κ1) is 17.1. The lowest BCUT2D eigenvalue weighted by Crippen LogP contribution is -2.01. The Morgan fingerprint density at radius 1 is 1.15 bits per heavy atom. The van der Waals surface area contributed by atoms with E-state index in [9.17, 15) is 9.90 Å². The Morgan fingerprint density at radius 3 is 2.70 bits per heavy atom. The Kier molecular flexibility index (Phi) is 4.25. The molecule has 0 spiro atoms. The van der Waals surface area contributed by atoms with Crippen molar-refractivity contribution in [2.75, 3.05) is 7.11 Å². The summed E-state index contributed by atoms with van der Waals surface area (Å²) in [5.41, 5.74) is 2.61. The molecule has 4 aromatic rings. The average molecular weight is 380 g/mol. The number of halogens is 1. The molecule has 0 bridgehead atoms. The van der Waals surface area contributed by atoms with Crippen LogP contribution in [0.2, 0.25) is 5.15 Å². The Balaban J connectivity index is 1.85. The second-order valence-corrected chi connectivity index (χ2v) is 6.25. The van der Waals surface area contributed by atoms with E-state index in [2.05, 4.69) is 15.0 Å². The molecule has 0 aliphatic carbocycles. The lowest BCUT2D eigenvalue weighted by molar-refractivity contribution is -0.130. The first-order valence-corrected chi connectivity index (χ1v) is 8.47. The van der Waals surface area contributed by atoms with Gasteiger partial charge in [-0.15, -0.1) is 0 Å². The van der Waals surface area contributed by atoms with E-state index in [1.807, 2.05) is 36.4 Å². The van der Waals surface area contributed by atoms with Gasteiger partial charge in [-0.3, -0.25) is 0 Å². The van der Waals surface area contributed by atoms with Crippen LogP contribution in [0, 0.1) is 0 Å². The minimum atomic E-state index is -1.11. The summed E-state index contributed by atoms with van der Waals surface area (Å²) < 4.78 is 5.19. The highest BCUT2D eigenvalue weighted by atomic mass is 35.5. The quantitative estimate of drug-likeness (QED) is 0.405. The second-order valence-electron chi connectivity index (χ2n) is 5.89. The molecular weight excluding hydrogens is 366 g/mol. The van der Waals surface area contributed by atoms with Crippen molar-refractivity contribution >= 4 is 51.2 Å². The number of ether oxygens (including phenoxy) is 1. The maximum Gasteiger partial charge on any atom is 0.339 e. The third-order valence-corrected chi connectivity index (χ3v) is 4.48. The minimum absolute atomic E-state index is 0.00256. The molecule has 0 fully saturated rings. The molecule has 2 aromatic carbocycles. The number of aliphatic carboxylic acids is 1. The van der Waals surface area contributed by atoms with E-state index in [0.29, 0.717) is 22.3 Å². The summed E-state index contributed by atoms with van der Waals surface area (Å²) >= 11 is 6.29. The largest absolute Gasteiger partial charge is 0.497 e. The van der Waals surface area contributed by atoms with E-state index in [1.165, 1.54) is 6.08 Å². The first-order valence-electron chi connectivity index (χ1n) is 8.09. The van der Waals surface area contributed by atoms with E-state index < -0.39 is 5.97 Å². The number of fused-ring (bicyclic) bond motifs is 2. The van der Waals surface area contributed by atoms with Crippen molar-refractivity contribution < 1.29 is 14.6 Å². The summed E-state index contributed by atoms with van der Waals surface area (Å²) in [6.45, 7) is 0. The van der Waals surface area contributed by atoms with E-state index >= 15 is 0 Å². The van der Waals surface area contributed by atoms with Crippen LogP contribution >= 0.6 is 11.6 Å². The lowest BCUT2D eigenvalue weighted by Gasteiger charge is -2.06. The summed E-state index contributed by atoms with van der Waals surface area (Å²) in [6.07, 6.45) is 1.47. The number of nitrogens with zero attached hydrogens (tertiary/aromatic N) is 2. The number of hydrogen-bond donors (Lipinski definition) is 2. The molecule has 0 aliphatic heterocycles. The normalized spacial score (nSPS) is 11.9. The summed E-state index contributed by atoms with van der Waals surface area (Å²) in [6, 6.07) is 14.6. The van der Waals surface area contributed by atoms with Gasteiger partial charge in [0.2, 0.25) is 0 Å². The number of aromatic amines is 1. The third kappa shape index (κ3) is 3.22. The average Bonchev–Trinajstić information content (AvgIpc) is 3.09. The molecular formula is C20H14ClN3O3. The van der Waals surface area contributed by atoms with Crippen LogP contribution in [0.1, 0.15) is 11.4 Å². The highest BCUT2D eigenvalue weighted by molar-refractivity contribution is 6.32. The van der Waals surface area contributed by atoms with E-state index in [0.717, 1.165) is 10.9 Å². The number of aromatic nitrogens is 3. The zero-order valence-corrected chi connectivity index (χ0v) is 15.0. The lowest BCUT2D eigenvalue weighted by atomic mass is 10.1. The van der Waals surface area contributed by atoms with Crippen molar-refractivity contribution in [2.45, 2.75) is 0 Å². The SMILES string of the molecule is COc1ccc2cc(/C=C(/C(=O)O)c3nc4ccccc4[nH]3)c(Cl)nc2c1. The Morgan fingerprint density at radius 2 is 1.96 bits per heavy atom. The van der Waals surface area contributed by atoms with Gasteiger partial charge in [-0.2, -0.15) is 0 Å². The van der Waals surface area contributed by atoms with Gasteiger partial charge in [0.15, 0.2) is 0 Å². The van der Waals surface area contributed by atoms with Crippen LogP contribution < -0.4 is 4.74 Å². The number of pyridine rings is 1. The number of carbonyl (C=O) groups is 1. The van der Waals surface area contributed by atoms with Crippen LogP contribution in [0.3, 0.4) is 0 Å². The zero-order chi connectivity index (χ0) is 19.0. The highest BCUT2D eigenvalue weighted by Crippen LogP contribution is 2.27. The number of rotatable bonds is 4. The van der Waals surface area contributed by atoms with Crippen LogP contribution in [0.15, 0.2) is 48.5 Å². The molecule has 4 rings (SSSR count). The van der Waals surface area contributed by atoms with Gasteiger partial charge in [-0.1, -0.05) is 23.7 Å². The molecule has 0 saturated carbocycles. The molecule has 2 heterocycles. The number of hydrogen-bond acceptors (Lipinski definition) is 4. The van der Waals surface area contributed by atoms with Crippen LogP contribution in [-0.2, 0) is 4.79 Å². The molecule has 27 heavy (non-hydrogen) atoms. The number of nitrogens with one attached hydrogen (secondary N) is 1. The molecule has 6 nitrogen and oxygen atoms in total. The van der Waals surface area contributed by atoms with Crippen molar-refractivity contribution in [3.05, 3.63) is 65.1 Å². The molecule has 0 atom stereocenters. The smallest absolute Gasteiger partial charge is 0.339 e. The van der Waals surface area contributed by atoms with Crippen molar-refractivity contribution in [2.24, 2.45) is 0 Å². The monoisotopic (exact) mass is 379 g/mol. The van der Waals surface area contributed by atoms with Crippen LogP contribution in [-0.4, -0.2) is 33.1 Å². The second kappa shape index (κ2) is 6.74. The predicted molar refractivity (Wildman–Crippen MR) is 105 cm³/mol. The maximum atomic E-state index is 11.8. The Bertz CT molecular complexity index is 1180. The molecule has 2 aromatic heterocycles. The first-order chi connectivity index (χ1) is 13.0. The Hall–Kier alpha value is -3.38. The van der Waals surface area contributed by atoms with Crippen molar-refractivity contribution in [3.8, 4) is 5.75 Å². The molecule has 0 radical (unpaired) electrons. The van der Waals surface area contributed by atoms with Gasteiger partial charge in [0, 0.05) is 17.0 Å². The Labute approximate surface area is 159 Å². The maximum absolute atomic E-state index is 11.8. The van der Waals surface area contributed by atoms with Gasteiger partial charge in [-0.05, 0) is 36.4 Å². The fourth-order valence-corrected chi connectivity index (χ4v) is 3.04. The van der Waals surface area contributed by atoms with E-state index in [4.69, 9.17) is 16.3 Å². The van der Waals surface area contributed by atoms with Crippen LogP contribution in [0.4, 0.5) is 0 Å². The third-order valence-electron chi connectivity index (χ3n) is 4.18. The number of carboxylic acid groups (broad SMARTS) is 1. The number of imidazole rings is 1. The topological polar surface area (TPSA) is 88.1 Å². The van der Waals surface area contributed by atoms with Gasteiger partial charge < -0.3 is 14.8 Å². The molecule has 0 aliphatic rings. The summed E-state index contributed by atoms with van der Waals surface area (Å²) in [4.78, 5) is 23.6. The van der Waals surface area contributed by atoms with Crippen molar-refractivity contribution in [1.29, 1.82) is 0 Å². The number of benzene rings is 2. The predicted octanol–water partition coefficient (Wildman–Crippen LogP) is 4.40. The molecule has 7 heteroatoms. The molecule has 0 unspecified atom stereocenters. The van der Waals surface area contributed by atoms with Gasteiger partial charge in [0.05, 0.1) is 23.7 Å². The summed E-state index contributed by atoms with van der Waals surface area (Å²) in [7, 11) is 1.58. The fraction of sp³-hybridized carbons (Fsp3) is 0.0500. The molecule has 2 N–H and O–H groups in total. The van der Waals surface area contributed by atoms with E-state index in [1.54, 1.807) is 19.2 Å². The van der Waals surface area contributed by atoms with Gasteiger partial charge >= 0.3 is 5.97 Å². The van der Waals surface area contributed by atoms with Crippen LogP contribution in [0.25, 0.3) is 33.6 Å². The standard InChI is InChI=1S/C20H14ClN3O3/c1-27-13-7-6-11-8-12(18(21)22-17(11)10-13)9-14(20(25)26)19-23-15-4-2-3-5-16(15)24-19/h2-10H,1H3,(H,23,24)(H,25,26)/b14-9+. The summed E-state index contributed by atoms with van der Waals surface area (Å²) in [5, 5.41) is 10.7. The number of methoxy groups -OCH3 is 1. The van der Waals surface area contributed by atoms with E-state index in [-0.39, 0.29) is 16.6 Å². The van der Waals surface area contributed by atoms with Crippen molar-refractivity contribution in [1.82, 2.24) is 15.0 Å². The van der Waals surface area contributed by atoms with Gasteiger partial charge in [0.1, 0.15) is 22.3 Å². The summed E-state index contributed by atoms with van der Waals surface area (Å²) in [5.74, 6) is -0.183. The number of carboxylic acids is 1. The highest BCUT2D eigenvalue weighted by Gasteiger charge is 2.16. The van der Waals surface area contributed by atoms with Gasteiger partial charge in [0.25, 0.3) is 0 Å². The molecule has 0 saturated heterocycles. The molecule has 134 valence electrons. The minimum Gasteiger partial charge on any atom is -0.497 e. The molecule has 0 amide bonds. The van der Waals surface area contributed by atoms with Crippen LogP contribution in [0.5, 0.6) is 5.75 Å².